The van der Waals surface area contributed by atoms with Gasteiger partial charge in [0.25, 0.3) is 0 Å². The Hall–Kier alpha value is -0.920. The number of hydrogen-bond acceptors (Lipinski definition) is 3. The smallest absolute Gasteiger partial charge is 0.135 e. The predicted molar refractivity (Wildman–Crippen MR) is 46.6 cm³/mol. The lowest BCUT2D eigenvalue weighted by molar-refractivity contribution is 0.333. The zero-order valence-electron chi connectivity index (χ0n) is 6.46. The van der Waals surface area contributed by atoms with Crippen molar-refractivity contribution in [1.29, 1.82) is 5.26 Å². The van der Waals surface area contributed by atoms with Gasteiger partial charge in [0, 0.05) is 10.3 Å². The zero-order valence-corrected chi connectivity index (χ0v) is 7.27. The number of nitrogens with two attached hydrogens (primary N) is 1. The fourth-order valence-electron chi connectivity index (χ4n) is 0.864. The van der Waals surface area contributed by atoms with E-state index in [4.69, 9.17) is 11.0 Å². The molecule has 4 heteroatoms. The van der Waals surface area contributed by atoms with Gasteiger partial charge in [-0.3, -0.25) is 0 Å². The molecule has 64 valence electrons. The summed E-state index contributed by atoms with van der Waals surface area (Å²) in [4.78, 5) is 0.594. The number of alkyl halides is 1. The van der Waals surface area contributed by atoms with E-state index in [0.717, 1.165) is 0 Å². The maximum atomic E-state index is 13.1. The molecule has 1 aromatic heterocycles. The van der Waals surface area contributed by atoms with Gasteiger partial charge in [-0.25, -0.2) is 4.39 Å². The molecule has 0 saturated carbocycles. The monoisotopic (exact) mass is 184 g/mol. The lowest BCUT2D eigenvalue weighted by atomic mass is 10.2. The number of rotatable bonds is 3. The minimum absolute atomic E-state index is 0.325. The molecular weight excluding hydrogens is 175 g/mol. The molecule has 2 N–H and O–H groups in total. The van der Waals surface area contributed by atoms with Crippen LogP contribution in [0.4, 0.5) is 4.39 Å². The number of halogens is 1. The summed E-state index contributed by atoms with van der Waals surface area (Å²) in [5.41, 5.74) is 5.73. The van der Waals surface area contributed by atoms with Gasteiger partial charge in [0.15, 0.2) is 0 Å². The molecule has 0 amide bonds. The summed E-state index contributed by atoms with van der Waals surface area (Å²) < 4.78 is 13.1. The van der Waals surface area contributed by atoms with Crippen LogP contribution in [0.15, 0.2) is 11.4 Å². The third-order valence-corrected chi connectivity index (χ3v) is 2.50. The first kappa shape index (κ1) is 9.17. The van der Waals surface area contributed by atoms with E-state index in [-0.39, 0.29) is 0 Å². The normalized spacial score (nSPS) is 12.4. The molecule has 2 nitrogen and oxygen atoms in total. The molecule has 0 fully saturated rings. The first-order chi connectivity index (χ1) is 5.77. The second-order valence-corrected chi connectivity index (χ2v) is 3.34. The van der Waals surface area contributed by atoms with Gasteiger partial charge >= 0.3 is 0 Å². The van der Waals surface area contributed by atoms with Gasteiger partial charge in [-0.05, 0) is 19.0 Å². The zero-order chi connectivity index (χ0) is 8.97. The Morgan fingerprint density at radius 3 is 3.00 bits per heavy atom. The lowest BCUT2D eigenvalue weighted by Crippen LogP contribution is -2.02. The van der Waals surface area contributed by atoms with Crippen molar-refractivity contribution in [3.63, 3.8) is 0 Å². The molecule has 1 rings (SSSR count). The summed E-state index contributed by atoms with van der Waals surface area (Å²) >= 11 is 1.27. The van der Waals surface area contributed by atoms with Crippen LogP contribution in [0.5, 0.6) is 0 Å². The van der Waals surface area contributed by atoms with Crippen molar-refractivity contribution in [3.05, 3.63) is 21.9 Å². The number of nitrogens with zero attached hydrogens (tertiary/aromatic N) is 1. The van der Waals surface area contributed by atoms with Gasteiger partial charge in [-0.2, -0.15) is 5.26 Å². The molecule has 0 spiro atoms. The van der Waals surface area contributed by atoms with Crippen molar-refractivity contribution in [1.82, 2.24) is 0 Å². The number of thiophene rings is 1. The first-order valence-corrected chi connectivity index (χ1v) is 4.48. The van der Waals surface area contributed by atoms with Crippen LogP contribution in [0.25, 0.3) is 0 Å². The molecule has 1 unspecified atom stereocenters. The van der Waals surface area contributed by atoms with Gasteiger partial charge in [-0.1, -0.05) is 0 Å². The molecule has 1 atom stereocenters. The molecule has 0 aliphatic rings. The van der Waals surface area contributed by atoms with Crippen LogP contribution in [-0.4, -0.2) is 6.54 Å². The summed E-state index contributed by atoms with van der Waals surface area (Å²) in [5, 5.41) is 10.1. The van der Waals surface area contributed by atoms with Crippen LogP contribution in [0, 0.1) is 11.3 Å². The average Bonchev–Trinajstić information content (AvgIpc) is 2.52. The molecule has 1 heterocycles. The highest BCUT2D eigenvalue weighted by Gasteiger charge is 2.10. The van der Waals surface area contributed by atoms with Crippen LogP contribution in [0.3, 0.4) is 0 Å². The van der Waals surface area contributed by atoms with E-state index in [9.17, 15) is 4.39 Å². The fraction of sp³-hybridized carbons (Fsp3) is 0.375. The largest absolute Gasteiger partial charge is 0.330 e. The highest BCUT2D eigenvalue weighted by Crippen LogP contribution is 2.26. The van der Waals surface area contributed by atoms with E-state index >= 15 is 0 Å². The van der Waals surface area contributed by atoms with Gasteiger partial charge < -0.3 is 5.73 Å². The van der Waals surface area contributed by atoms with Crippen molar-refractivity contribution in [2.24, 2.45) is 5.73 Å². The van der Waals surface area contributed by atoms with Gasteiger partial charge in [-0.15, -0.1) is 11.3 Å². The standard InChI is InChI=1S/C8H9FN2S/c9-7(1-2-10)8-3-6(4-11)5-12-8/h3,5,7H,1-2,10H2. The second-order valence-electron chi connectivity index (χ2n) is 2.39. The highest BCUT2D eigenvalue weighted by atomic mass is 32.1. The SMILES string of the molecule is N#Cc1csc(C(F)CCN)c1. The Labute approximate surface area is 74.4 Å². The van der Waals surface area contributed by atoms with Crippen molar-refractivity contribution in [3.8, 4) is 6.07 Å². The quantitative estimate of drug-likeness (QED) is 0.780. The van der Waals surface area contributed by atoms with Crippen molar-refractivity contribution in [2.75, 3.05) is 6.54 Å². The van der Waals surface area contributed by atoms with Crippen LogP contribution >= 0.6 is 11.3 Å². The average molecular weight is 184 g/mol. The van der Waals surface area contributed by atoms with Crippen LogP contribution in [0.2, 0.25) is 0 Å². The molecule has 12 heavy (non-hydrogen) atoms. The number of hydrogen-bond donors (Lipinski definition) is 1. The van der Waals surface area contributed by atoms with Crippen LogP contribution in [0.1, 0.15) is 23.0 Å². The first-order valence-electron chi connectivity index (χ1n) is 3.60. The molecule has 0 aromatic carbocycles. The molecule has 0 aliphatic carbocycles. The van der Waals surface area contributed by atoms with E-state index in [1.165, 1.54) is 11.3 Å². The minimum atomic E-state index is -1.01. The van der Waals surface area contributed by atoms with Crippen LogP contribution < -0.4 is 5.73 Å². The van der Waals surface area contributed by atoms with Crippen molar-refractivity contribution in [2.45, 2.75) is 12.6 Å². The Morgan fingerprint density at radius 2 is 2.50 bits per heavy atom. The molecule has 0 aliphatic heterocycles. The highest BCUT2D eigenvalue weighted by molar-refractivity contribution is 7.10. The molecular formula is C8H9FN2S. The summed E-state index contributed by atoms with van der Waals surface area (Å²) in [6, 6.07) is 3.53. The summed E-state index contributed by atoms with van der Waals surface area (Å²) in [6.45, 7) is 0.334. The topological polar surface area (TPSA) is 49.8 Å². The van der Waals surface area contributed by atoms with Gasteiger partial charge in [0.1, 0.15) is 12.2 Å². The molecule has 0 saturated heterocycles. The van der Waals surface area contributed by atoms with E-state index in [2.05, 4.69) is 0 Å². The Morgan fingerprint density at radius 1 is 1.75 bits per heavy atom. The van der Waals surface area contributed by atoms with E-state index in [1.54, 1.807) is 11.4 Å². The summed E-state index contributed by atoms with van der Waals surface area (Å²) in [5.74, 6) is 0. The Kier molecular flexibility index (Phi) is 3.20. The Balaban J connectivity index is 2.69. The second kappa shape index (κ2) is 4.19. The lowest BCUT2D eigenvalue weighted by Gasteiger charge is -2.01. The molecule has 1 aromatic rings. The predicted octanol–water partition coefficient (Wildman–Crippen LogP) is 1.98. The molecule has 0 radical (unpaired) electrons. The third kappa shape index (κ3) is 2.03. The fourth-order valence-corrected chi connectivity index (χ4v) is 1.71. The van der Waals surface area contributed by atoms with Crippen LogP contribution in [-0.2, 0) is 0 Å². The maximum absolute atomic E-state index is 13.1. The van der Waals surface area contributed by atoms with Gasteiger partial charge in [0.05, 0.1) is 5.56 Å². The summed E-state index contributed by atoms with van der Waals surface area (Å²) in [6.07, 6.45) is -0.687. The summed E-state index contributed by atoms with van der Waals surface area (Å²) in [7, 11) is 0. The van der Waals surface area contributed by atoms with E-state index in [0.29, 0.717) is 23.4 Å². The number of nitriles is 1. The van der Waals surface area contributed by atoms with Crippen molar-refractivity contribution < 1.29 is 4.39 Å². The van der Waals surface area contributed by atoms with Gasteiger partial charge in [0.2, 0.25) is 0 Å². The Bertz CT molecular complexity index is 289. The third-order valence-electron chi connectivity index (χ3n) is 1.48. The maximum Gasteiger partial charge on any atom is 0.135 e. The van der Waals surface area contributed by atoms with E-state index < -0.39 is 6.17 Å². The molecule has 0 bridgehead atoms. The van der Waals surface area contributed by atoms with E-state index in [1.807, 2.05) is 6.07 Å². The minimum Gasteiger partial charge on any atom is -0.330 e. The van der Waals surface area contributed by atoms with Crippen molar-refractivity contribution >= 4 is 11.3 Å².